The monoisotopic (exact) mass is 296 g/mol. The molecule has 0 aliphatic carbocycles. The van der Waals surface area contributed by atoms with E-state index in [1.807, 2.05) is 0 Å². The third kappa shape index (κ3) is 2.23. The number of amides is 3. The molecule has 2 saturated heterocycles. The van der Waals surface area contributed by atoms with Crippen molar-refractivity contribution < 1.29 is 14.3 Å². The smallest absolute Gasteiger partial charge is 0.325 e. The van der Waals surface area contributed by atoms with E-state index in [9.17, 15) is 9.59 Å². The second-order valence-corrected chi connectivity index (χ2v) is 5.25. The molecule has 2 fully saturated rings. The summed E-state index contributed by atoms with van der Waals surface area (Å²) in [6.45, 7) is 1.04. The standard InChI is InChI=1S/C12H13ClN4O3/c13-9-2-1-8(15-16-9)7-17-10(18)12(14-11(17)19)3-5-20-6-4-12/h1-2H,3-7H2,(H,14,19). The van der Waals surface area contributed by atoms with E-state index < -0.39 is 11.6 Å². The van der Waals surface area contributed by atoms with Gasteiger partial charge in [0.05, 0.1) is 12.2 Å². The van der Waals surface area contributed by atoms with Gasteiger partial charge in [0, 0.05) is 26.1 Å². The lowest BCUT2D eigenvalue weighted by atomic mass is 9.90. The van der Waals surface area contributed by atoms with Gasteiger partial charge in [0.1, 0.15) is 5.54 Å². The first kappa shape index (κ1) is 13.3. The molecule has 0 saturated carbocycles. The van der Waals surface area contributed by atoms with Crippen LogP contribution < -0.4 is 5.32 Å². The van der Waals surface area contributed by atoms with Gasteiger partial charge in [-0.05, 0) is 12.1 Å². The van der Waals surface area contributed by atoms with E-state index in [-0.39, 0.29) is 17.6 Å². The Hall–Kier alpha value is -1.73. The number of urea groups is 1. The summed E-state index contributed by atoms with van der Waals surface area (Å²) >= 11 is 5.65. The molecule has 20 heavy (non-hydrogen) atoms. The van der Waals surface area contributed by atoms with Crippen molar-refractivity contribution in [3.8, 4) is 0 Å². The van der Waals surface area contributed by atoms with Crippen molar-refractivity contribution in [1.82, 2.24) is 20.4 Å². The SMILES string of the molecule is O=C1NC2(CCOCC2)C(=O)N1Cc1ccc(Cl)nn1. The summed E-state index contributed by atoms with van der Waals surface area (Å²) in [4.78, 5) is 25.7. The van der Waals surface area contributed by atoms with Crippen LogP contribution in [0.3, 0.4) is 0 Å². The van der Waals surface area contributed by atoms with Gasteiger partial charge < -0.3 is 10.1 Å². The zero-order valence-corrected chi connectivity index (χ0v) is 11.4. The minimum atomic E-state index is -0.810. The first-order chi connectivity index (χ1) is 9.61. The van der Waals surface area contributed by atoms with Crippen LogP contribution in [0.1, 0.15) is 18.5 Å². The topological polar surface area (TPSA) is 84.4 Å². The summed E-state index contributed by atoms with van der Waals surface area (Å²) in [5.41, 5.74) is -0.295. The highest BCUT2D eigenvalue weighted by Crippen LogP contribution is 2.29. The van der Waals surface area contributed by atoms with Crippen molar-refractivity contribution in [3.05, 3.63) is 23.0 Å². The molecule has 1 aromatic rings. The highest BCUT2D eigenvalue weighted by Gasteiger charge is 2.51. The molecule has 3 amide bonds. The molecule has 0 radical (unpaired) electrons. The van der Waals surface area contributed by atoms with Crippen LogP contribution in [-0.2, 0) is 16.1 Å². The van der Waals surface area contributed by atoms with Crippen molar-refractivity contribution >= 4 is 23.5 Å². The summed E-state index contributed by atoms with van der Waals surface area (Å²) in [5, 5.41) is 10.6. The Morgan fingerprint density at radius 3 is 2.70 bits per heavy atom. The first-order valence-corrected chi connectivity index (χ1v) is 6.68. The molecule has 8 heteroatoms. The fourth-order valence-corrected chi connectivity index (χ4v) is 2.57. The largest absolute Gasteiger partial charge is 0.381 e. The Morgan fingerprint density at radius 1 is 1.30 bits per heavy atom. The predicted octanol–water partition coefficient (Wildman–Crippen LogP) is 0.731. The van der Waals surface area contributed by atoms with Gasteiger partial charge in [-0.3, -0.25) is 9.69 Å². The summed E-state index contributed by atoms with van der Waals surface area (Å²) in [6, 6.07) is 2.82. The number of halogens is 1. The molecule has 2 aliphatic rings. The number of hydrogen-bond acceptors (Lipinski definition) is 5. The van der Waals surface area contributed by atoms with Crippen LogP contribution in [0.5, 0.6) is 0 Å². The van der Waals surface area contributed by atoms with E-state index in [1.54, 1.807) is 12.1 Å². The number of carbonyl (C=O) groups excluding carboxylic acids is 2. The third-order valence-corrected chi connectivity index (χ3v) is 3.80. The molecular weight excluding hydrogens is 284 g/mol. The van der Waals surface area contributed by atoms with Crippen molar-refractivity contribution in [2.75, 3.05) is 13.2 Å². The number of rotatable bonds is 2. The van der Waals surface area contributed by atoms with Crippen molar-refractivity contribution in [1.29, 1.82) is 0 Å². The molecule has 1 aromatic heterocycles. The number of hydrogen-bond donors (Lipinski definition) is 1. The predicted molar refractivity (Wildman–Crippen MR) is 68.9 cm³/mol. The molecule has 2 aliphatic heterocycles. The van der Waals surface area contributed by atoms with Gasteiger partial charge in [-0.15, -0.1) is 5.10 Å². The molecule has 0 atom stereocenters. The Labute approximate surface area is 120 Å². The van der Waals surface area contributed by atoms with Crippen LogP contribution in [0.2, 0.25) is 5.15 Å². The molecule has 3 heterocycles. The van der Waals surface area contributed by atoms with Gasteiger partial charge in [0.2, 0.25) is 0 Å². The minimum absolute atomic E-state index is 0.0947. The Bertz CT molecular complexity index is 542. The highest BCUT2D eigenvalue weighted by atomic mass is 35.5. The quantitative estimate of drug-likeness (QED) is 0.813. The van der Waals surface area contributed by atoms with Crippen LogP contribution >= 0.6 is 11.6 Å². The molecule has 0 bridgehead atoms. The second-order valence-electron chi connectivity index (χ2n) is 4.86. The maximum atomic E-state index is 12.5. The van der Waals surface area contributed by atoms with Gasteiger partial charge in [-0.2, -0.15) is 5.10 Å². The lowest BCUT2D eigenvalue weighted by Crippen LogP contribution is -2.51. The maximum Gasteiger partial charge on any atom is 0.325 e. The Morgan fingerprint density at radius 2 is 2.05 bits per heavy atom. The average molecular weight is 297 g/mol. The maximum absolute atomic E-state index is 12.5. The zero-order valence-electron chi connectivity index (χ0n) is 10.6. The number of imide groups is 1. The van der Waals surface area contributed by atoms with Crippen molar-refractivity contribution in [2.45, 2.75) is 24.9 Å². The second kappa shape index (κ2) is 4.99. The Kier molecular flexibility index (Phi) is 3.31. The third-order valence-electron chi connectivity index (χ3n) is 3.60. The van der Waals surface area contributed by atoms with Gasteiger partial charge in [0.15, 0.2) is 5.15 Å². The molecule has 1 spiro atoms. The summed E-state index contributed by atoms with van der Waals surface area (Å²) in [6.07, 6.45) is 1.00. The number of ether oxygens (including phenoxy) is 1. The van der Waals surface area contributed by atoms with Gasteiger partial charge in [-0.25, -0.2) is 4.79 Å². The molecule has 0 unspecified atom stereocenters. The molecule has 1 N–H and O–H groups in total. The lowest BCUT2D eigenvalue weighted by molar-refractivity contribution is -0.135. The van der Waals surface area contributed by atoms with Crippen LogP contribution in [0.4, 0.5) is 4.79 Å². The number of nitrogens with zero attached hydrogens (tertiary/aromatic N) is 3. The lowest BCUT2D eigenvalue weighted by Gasteiger charge is -2.30. The first-order valence-electron chi connectivity index (χ1n) is 6.31. The van der Waals surface area contributed by atoms with Crippen LogP contribution in [0, 0.1) is 0 Å². The van der Waals surface area contributed by atoms with E-state index in [0.29, 0.717) is 31.7 Å². The fraction of sp³-hybridized carbons (Fsp3) is 0.500. The van der Waals surface area contributed by atoms with Gasteiger partial charge >= 0.3 is 6.03 Å². The molecule has 0 aromatic carbocycles. The molecular formula is C12H13ClN4O3. The highest BCUT2D eigenvalue weighted by molar-refractivity contribution is 6.29. The van der Waals surface area contributed by atoms with E-state index >= 15 is 0 Å². The van der Waals surface area contributed by atoms with Crippen LogP contribution in [0.15, 0.2) is 12.1 Å². The van der Waals surface area contributed by atoms with Gasteiger partial charge in [0.25, 0.3) is 5.91 Å². The number of carbonyl (C=O) groups is 2. The fourth-order valence-electron chi connectivity index (χ4n) is 2.47. The van der Waals surface area contributed by atoms with E-state index in [0.717, 1.165) is 0 Å². The number of nitrogens with one attached hydrogen (secondary N) is 1. The Balaban J connectivity index is 1.78. The molecule has 106 valence electrons. The van der Waals surface area contributed by atoms with Gasteiger partial charge in [-0.1, -0.05) is 11.6 Å². The normalized spacial score (nSPS) is 21.4. The zero-order chi connectivity index (χ0) is 14.2. The minimum Gasteiger partial charge on any atom is -0.381 e. The van der Waals surface area contributed by atoms with Crippen molar-refractivity contribution in [2.24, 2.45) is 0 Å². The van der Waals surface area contributed by atoms with E-state index in [4.69, 9.17) is 16.3 Å². The molecule has 3 rings (SSSR count). The van der Waals surface area contributed by atoms with Crippen LogP contribution in [-0.4, -0.2) is 45.8 Å². The number of aromatic nitrogens is 2. The van der Waals surface area contributed by atoms with Crippen LogP contribution in [0.25, 0.3) is 0 Å². The molecule has 7 nitrogen and oxygen atoms in total. The summed E-state index contributed by atoms with van der Waals surface area (Å²) in [5.74, 6) is -0.220. The summed E-state index contributed by atoms with van der Waals surface area (Å²) in [7, 11) is 0. The average Bonchev–Trinajstić information content (AvgIpc) is 2.67. The van der Waals surface area contributed by atoms with E-state index in [1.165, 1.54) is 4.90 Å². The summed E-state index contributed by atoms with van der Waals surface area (Å²) < 4.78 is 5.25. The van der Waals surface area contributed by atoms with Crippen molar-refractivity contribution in [3.63, 3.8) is 0 Å². The van der Waals surface area contributed by atoms with E-state index in [2.05, 4.69) is 15.5 Å².